The summed E-state index contributed by atoms with van der Waals surface area (Å²) in [6, 6.07) is 9.11. The van der Waals surface area contributed by atoms with E-state index in [4.69, 9.17) is 0 Å². The Labute approximate surface area is 134 Å². The molecule has 3 heteroatoms. The predicted molar refractivity (Wildman–Crippen MR) is 91.2 cm³/mol. The lowest BCUT2D eigenvalue weighted by Gasteiger charge is -2.53. The average Bonchev–Trinajstić information content (AvgIpc) is 2.48. The second-order valence-electron chi connectivity index (χ2n) is 7.94. The molecule has 0 aromatic heterocycles. The normalized spacial score (nSPS) is 36.3. The molecular weight excluding hydrogens is 272 g/mol. The van der Waals surface area contributed by atoms with Gasteiger partial charge in [-0.1, -0.05) is 39.8 Å². The van der Waals surface area contributed by atoms with Gasteiger partial charge in [0.1, 0.15) is 5.75 Å². The maximum absolute atomic E-state index is 9.85. The van der Waals surface area contributed by atoms with Crippen LogP contribution in [0.2, 0.25) is 0 Å². The first-order valence-electron chi connectivity index (χ1n) is 8.67. The molecule has 0 spiro atoms. The molecule has 3 nitrogen and oxygen atoms in total. The van der Waals surface area contributed by atoms with E-state index >= 15 is 0 Å². The van der Waals surface area contributed by atoms with Crippen LogP contribution in [0.3, 0.4) is 0 Å². The third kappa shape index (κ3) is 2.77. The number of piperazine rings is 1. The van der Waals surface area contributed by atoms with Crippen molar-refractivity contribution in [1.29, 1.82) is 0 Å². The molecule has 3 rings (SSSR count). The molecule has 2 fully saturated rings. The maximum Gasteiger partial charge on any atom is 0.115 e. The third-order valence-corrected chi connectivity index (χ3v) is 6.13. The Morgan fingerprint density at radius 1 is 1.32 bits per heavy atom. The maximum atomic E-state index is 9.85. The summed E-state index contributed by atoms with van der Waals surface area (Å²) in [4.78, 5) is 2.69. The van der Waals surface area contributed by atoms with Gasteiger partial charge in [-0.3, -0.25) is 4.90 Å². The summed E-state index contributed by atoms with van der Waals surface area (Å²) in [5, 5.41) is 13.6. The fourth-order valence-electron chi connectivity index (χ4n) is 4.26. The summed E-state index contributed by atoms with van der Waals surface area (Å²) in [6.07, 6.45) is 1.16. The fourth-order valence-corrected chi connectivity index (χ4v) is 4.26. The minimum absolute atomic E-state index is 0.145. The van der Waals surface area contributed by atoms with Crippen molar-refractivity contribution in [3.8, 4) is 5.75 Å². The van der Waals surface area contributed by atoms with Gasteiger partial charge in [0, 0.05) is 31.7 Å². The van der Waals surface area contributed by atoms with E-state index in [9.17, 15) is 5.11 Å². The Kier molecular flexibility index (Phi) is 4.21. The molecule has 4 unspecified atom stereocenters. The van der Waals surface area contributed by atoms with Crippen LogP contribution in [0.4, 0.5) is 0 Å². The number of phenolic OH excluding ortho intramolecular Hbond substituents is 1. The van der Waals surface area contributed by atoms with Crippen LogP contribution in [0.5, 0.6) is 5.75 Å². The predicted octanol–water partition coefficient (Wildman–Crippen LogP) is 2.99. The van der Waals surface area contributed by atoms with Gasteiger partial charge in [-0.25, -0.2) is 0 Å². The van der Waals surface area contributed by atoms with E-state index in [-0.39, 0.29) is 5.41 Å². The first-order valence-corrected chi connectivity index (χ1v) is 8.67. The van der Waals surface area contributed by atoms with Gasteiger partial charge in [0.15, 0.2) is 0 Å². The average molecular weight is 302 g/mol. The number of aromatic hydroxyl groups is 1. The van der Waals surface area contributed by atoms with E-state index in [1.54, 1.807) is 6.07 Å². The lowest BCUT2D eigenvalue weighted by atomic mass is 9.65. The van der Waals surface area contributed by atoms with Crippen LogP contribution in [0.25, 0.3) is 0 Å². The summed E-state index contributed by atoms with van der Waals surface area (Å²) < 4.78 is 0. The van der Waals surface area contributed by atoms with Crippen molar-refractivity contribution in [3.63, 3.8) is 0 Å². The summed E-state index contributed by atoms with van der Waals surface area (Å²) >= 11 is 0. The number of phenols is 1. The lowest BCUT2D eigenvalue weighted by Crippen LogP contribution is -2.64. The summed E-state index contributed by atoms with van der Waals surface area (Å²) in [6.45, 7) is 12.8. The number of benzene rings is 1. The molecule has 1 aromatic carbocycles. The summed E-state index contributed by atoms with van der Waals surface area (Å²) in [5.41, 5.74) is 1.43. The second kappa shape index (κ2) is 5.86. The number of hydrogen-bond donors (Lipinski definition) is 2. The Morgan fingerprint density at radius 2 is 2.09 bits per heavy atom. The molecule has 4 atom stereocenters. The van der Waals surface area contributed by atoms with Crippen LogP contribution in [-0.4, -0.2) is 41.7 Å². The molecule has 2 aliphatic heterocycles. The van der Waals surface area contributed by atoms with Gasteiger partial charge in [0.25, 0.3) is 0 Å². The quantitative estimate of drug-likeness (QED) is 0.881. The molecule has 0 bridgehead atoms. The van der Waals surface area contributed by atoms with Crippen molar-refractivity contribution in [3.05, 3.63) is 29.8 Å². The van der Waals surface area contributed by atoms with Crippen LogP contribution in [-0.2, 0) is 5.41 Å². The van der Waals surface area contributed by atoms with Crippen molar-refractivity contribution in [2.75, 3.05) is 19.6 Å². The minimum Gasteiger partial charge on any atom is -0.508 e. The molecule has 0 aliphatic carbocycles. The molecule has 0 saturated carbocycles. The van der Waals surface area contributed by atoms with Crippen LogP contribution in [0.1, 0.15) is 39.7 Å². The standard InChI is InChI=1S/C19H30N2O/c1-13(2)18-12-21-11-14(3)19(4,9-16(21)10-20-18)15-6-5-7-17(22)8-15/h5-8,13-14,16,18,20,22H,9-12H2,1-4H3. The monoisotopic (exact) mass is 302 g/mol. The first-order chi connectivity index (χ1) is 10.4. The number of nitrogens with zero attached hydrogens (tertiary/aromatic N) is 1. The molecule has 2 heterocycles. The van der Waals surface area contributed by atoms with Crippen LogP contribution >= 0.6 is 0 Å². The molecule has 2 N–H and O–H groups in total. The van der Waals surface area contributed by atoms with E-state index in [2.05, 4.69) is 44.0 Å². The molecule has 0 radical (unpaired) electrons. The van der Waals surface area contributed by atoms with Crippen LogP contribution in [0, 0.1) is 11.8 Å². The van der Waals surface area contributed by atoms with Crippen LogP contribution < -0.4 is 5.32 Å². The van der Waals surface area contributed by atoms with E-state index < -0.39 is 0 Å². The van der Waals surface area contributed by atoms with Gasteiger partial charge in [0.05, 0.1) is 0 Å². The first kappa shape index (κ1) is 15.8. The zero-order valence-corrected chi connectivity index (χ0v) is 14.3. The summed E-state index contributed by atoms with van der Waals surface area (Å²) in [5.74, 6) is 1.67. The highest BCUT2D eigenvalue weighted by atomic mass is 16.3. The minimum atomic E-state index is 0.145. The van der Waals surface area contributed by atoms with Gasteiger partial charge in [-0.05, 0) is 41.4 Å². The number of nitrogens with one attached hydrogen (secondary N) is 1. The molecule has 122 valence electrons. The van der Waals surface area contributed by atoms with E-state index in [0.717, 1.165) is 19.5 Å². The Morgan fingerprint density at radius 3 is 2.77 bits per heavy atom. The Bertz CT molecular complexity index is 530. The molecular formula is C19H30N2O. The zero-order chi connectivity index (χ0) is 15.9. The highest BCUT2D eigenvalue weighted by Crippen LogP contribution is 2.43. The Hall–Kier alpha value is -1.06. The summed E-state index contributed by atoms with van der Waals surface area (Å²) in [7, 11) is 0. The van der Waals surface area contributed by atoms with Crippen molar-refractivity contribution in [2.45, 2.75) is 51.6 Å². The number of rotatable bonds is 2. The van der Waals surface area contributed by atoms with Gasteiger partial charge < -0.3 is 10.4 Å². The smallest absolute Gasteiger partial charge is 0.115 e. The van der Waals surface area contributed by atoms with Gasteiger partial charge >= 0.3 is 0 Å². The highest BCUT2D eigenvalue weighted by molar-refractivity contribution is 5.34. The van der Waals surface area contributed by atoms with Gasteiger partial charge in [-0.15, -0.1) is 0 Å². The van der Waals surface area contributed by atoms with Crippen molar-refractivity contribution in [2.24, 2.45) is 11.8 Å². The largest absolute Gasteiger partial charge is 0.508 e. The number of fused-ring (bicyclic) bond motifs is 1. The lowest BCUT2D eigenvalue weighted by molar-refractivity contribution is 0.0177. The van der Waals surface area contributed by atoms with Crippen LogP contribution in [0.15, 0.2) is 24.3 Å². The third-order valence-electron chi connectivity index (χ3n) is 6.13. The highest BCUT2D eigenvalue weighted by Gasteiger charge is 2.44. The number of piperidine rings is 1. The van der Waals surface area contributed by atoms with Crippen molar-refractivity contribution < 1.29 is 5.11 Å². The van der Waals surface area contributed by atoms with Gasteiger partial charge in [0.2, 0.25) is 0 Å². The Balaban J connectivity index is 1.80. The molecule has 2 aliphatic rings. The van der Waals surface area contributed by atoms with Crippen molar-refractivity contribution >= 4 is 0 Å². The zero-order valence-electron chi connectivity index (χ0n) is 14.3. The molecule has 1 aromatic rings. The molecule has 2 saturated heterocycles. The fraction of sp³-hybridized carbons (Fsp3) is 0.684. The number of hydrogen-bond acceptors (Lipinski definition) is 3. The molecule has 0 amide bonds. The van der Waals surface area contributed by atoms with Crippen molar-refractivity contribution in [1.82, 2.24) is 10.2 Å². The second-order valence-corrected chi connectivity index (χ2v) is 7.94. The topological polar surface area (TPSA) is 35.5 Å². The molecule has 22 heavy (non-hydrogen) atoms. The van der Waals surface area contributed by atoms with E-state index in [0.29, 0.717) is 29.7 Å². The van der Waals surface area contributed by atoms with E-state index in [1.807, 2.05) is 12.1 Å². The van der Waals surface area contributed by atoms with Gasteiger partial charge in [-0.2, -0.15) is 0 Å². The van der Waals surface area contributed by atoms with E-state index in [1.165, 1.54) is 12.1 Å². The SMILES string of the molecule is CC(C)C1CN2CC(C)C(C)(c3cccc(O)c3)CC2CN1.